The summed E-state index contributed by atoms with van der Waals surface area (Å²) in [6.45, 7) is 2.12. The summed E-state index contributed by atoms with van der Waals surface area (Å²) in [5.74, 6) is 0. The summed E-state index contributed by atoms with van der Waals surface area (Å²) in [7, 11) is 1.96. The predicted octanol–water partition coefficient (Wildman–Crippen LogP) is 3.41. The fourth-order valence-corrected chi connectivity index (χ4v) is 2.37. The fraction of sp³-hybridized carbons (Fsp3) is 0.154. The molecular weight excluding hydrogens is 278 g/mol. The molecule has 2 heterocycles. The van der Waals surface area contributed by atoms with Crippen molar-refractivity contribution in [2.75, 3.05) is 0 Å². The van der Waals surface area contributed by atoms with Gasteiger partial charge in [-0.15, -0.1) is 0 Å². The Bertz CT molecular complexity index is 677. The van der Waals surface area contributed by atoms with Crippen molar-refractivity contribution in [3.05, 3.63) is 46.8 Å². The number of hydrogen-bond acceptors (Lipinski definition) is 1. The van der Waals surface area contributed by atoms with Gasteiger partial charge in [-0.2, -0.15) is 5.10 Å². The Morgan fingerprint density at radius 1 is 1.18 bits per heavy atom. The number of fused-ring (bicyclic) bond motifs is 1. The van der Waals surface area contributed by atoms with Gasteiger partial charge in [0.2, 0.25) is 0 Å². The zero-order chi connectivity index (χ0) is 12.0. The highest BCUT2D eigenvalue weighted by atomic mass is 79.9. The van der Waals surface area contributed by atoms with Gasteiger partial charge >= 0.3 is 0 Å². The number of halogens is 1. The molecule has 3 nitrogen and oxygen atoms in total. The number of benzene rings is 1. The van der Waals surface area contributed by atoms with Crippen LogP contribution in [0.2, 0.25) is 0 Å². The van der Waals surface area contributed by atoms with Gasteiger partial charge in [-0.3, -0.25) is 9.08 Å². The maximum atomic E-state index is 4.24. The zero-order valence-electron chi connectivity index (χ0n) is 9.68. The average Bonchev–Trinajstić information content (AvgIpc) is 2.83. The summed E-state index contributed by atoms with van der Waals surface area (Å²) in [5, 5.41) is 4.24. The van der Waals surface area contributed by atoms with Crippen LogP contribution in [0.15, 0.2) is 41.1 Å². The number of hydrogen-bond donors (Lipinski definition) is 0. The van der Waals surface area contributed by atoms with Gasteiger partial charge in [0.05, 0.1) is 0 Å². The molecule has 0 saturated heterocycles. The monoisotopic (exact) mass is 289 g/mol. The minimum atomic E-state index is 1.10. The molecule has 0 bridgehead atoms. The van der Waals surface area contributed by atoms with Gasteiger partial charge in [-0.25, -0.2) is 0 Å². The van der Waals surface area contributed by atoms with E-state index in [1.807, 2.05) is 18.1 Å². The molecule has 0 aliphatic heterocycles. The number of nitrogens with zero attached hydrogens (tertiary/aromatic N) is 3. The lowest BCUT2D eigenvalue weighted by Crippen LogP contribution is -1.87. The van der Waals surface area contributed by atoms with Crippen molar-refractivity contribution in [1.82, 2.24) is 14.2 Å². The van der Waals surface area contributed by atoms with Crippen molar-refractivity contribution >= 4 is 21.6 Å². The molecule has 17 heavy (non-hydrogen) atoms. The van der Waals surface area contributed by atoms with Crippen LogP contribution in [-0.2, 0) is 7.05 Å². The molecule has 0 fully saturated rings. The molecule has 0 atom stereocenters. The summed E-state index contributed by atoms with van der Waals surface area (Å²) in [5.41, 5.74) is 4.82. The van der Waals surface area contributed by atoms with Crippen LogP contribution < -0.4 is 0 Å². The Morgan fingerprint density at radius 3 is 2.53 bits per heavy atom. The third kappa shape index (κ3) is 1.60. The Kier molecular flexibility index (Phi) is 2.33. The number of aryl methyl sites for hydroxylation is 2. The SMILES string of the molecule is Cc1c(-c2ccc(Br)cc2)cc2n(C)ncn12. The topological polar surface area (TPSA) is 22.2 Å². The fourth-order valence-electron chi connectivity index (χ4n) is 2.11. The first kappa shape index (κ1) is 10.6. The molecular formula is C13H12BrN3. The predicted molar refractivity (Wildman–Crippen MR) is 72.0 cm³/mol. The molecule has 0 aliphatic rings. The van der Waals surface area contributed by atoms with E-state index in [1.165, 1.54) is 16.8 Å². The van der Waals surface area contributed by atoms with Crippen molar-refractivity contribution in [2.45, 2.75) is 6.92 Å². The van der Waals surface area contributed by atoms with Gasteiger partial charge in [-0.05, 0) is 30.7 Å². The molecule has 0 spiro atoms. The molecule has 0 saturated carbocycles. The minimum Gasteiger partial charge on any atom is -0.287 e. The second-order valence-electron chi connectivity index (χ2n) is 4.13. The Balaban J connectivity index is 2.23. The van der Waals surface area contributed by atoms with E-state index in [0.717, 1.165) is 10.1 Å². The summed E-state index contributed by atoms with van der Waals surface area (Å²) < 4.78 is 5.09. The quantitative estimate of drug-likeness (QED) is 0.673. The van der Waals surface area contributed by atoms with Crippen LogP contribution in [0.25, 0.3) is 16.8 Å². The van der Waals surface area contributed by atoms with Crippen molar-refractivity contribution in [2.24, 2.45) is 7.05 Å². The molecule has 4 heteroatoms. The second-order valence-corrected chi connectivity index (χ2v) is 5.05. The van der Waals surface area contributed by atoms with E-state index in [1.54, 1.807) is 0 Å². The zero-order valence-corrected chi connectivity index (χ0v) is 11.3. The largest absolute Gasteiger partial charge is 0.287 e. The second kappa shape index (κ2) is 3.74. The molecule has 3 rings (SSSR count). The van der Waals surface area contributed by atoms with Crippen LogP contribution in [-0.4, -0.2) is 14.2 Å². The van der Waals surface area contributed by atoms with Crippen LogP contribution in [0.4, 0.5) is 0 Å². The van der Waals surface area contributed by atoms with E-state index in [2.05, 4.69) is 62.7 Å². The van der Waals surface area contributed by atoms with E-state index in [9.17, 15) is 0 Å². The van der Waals surface area contributed by atoms with Crippen molar-refractivity contribution in [3.63, 3.8) is 0 Å². The number of aromatic nitrogens is 3. The molecule has 86 valence electrons. The first-order chi connectivity index (χ1) is 8.16. The van der Waals surface area contributed by atoms with Gasteiger partial charge in [0, 0.05) is 22.8 Å². The third-order valence-electron chi connectivity index (χ3n) is 3.10. The molecule has 3 aromatic rings. The van der Waals surface area contributed by atoms with E-state index in [-0.39, 0.29) is 0 Å². The first-order valence-electron chi connectivity index (χ1n) is 5.42. The Hall–Kier alpha value is -1.55. The average molecular weight is 290 g/mol. The van der Waals surface area contributed by atoms with Gasteiger partial charge in [0.1, 0.15) is 12.0 Å². The summed E-state index contributed by atoms with van der Waals surface area (Å²) >= 11 is 3.46. The molecule has 2 aromatic heterocycles. The van der Waals surface area contributed by atoms with Crippen molar-refractivity contribution in [3.8, 4) is 11.1 Å². The number of rotatable bonds is 1. The van der Waals surface area contributed by atoms with Gasteiger partial charge in [0.25, 0.3) is 0 Å². The maximum absolute atomic E-state index is 4.24. The van der Waals surface area contributed by atoms with Crippen LogP contribution in [0.1, 0.15) is 5.69 Å². The van der Waals surface area contributed by atoms with Crippen LogP contribution in [0.5, 0.6) is 0 Å². The van der Waals surface area contributed by atoms with Gasteiger partial charge < -0.3 is 0 Å². The third-order valence-corrected chi connectivity index (χ3v) is 3.63. The lowest BCUT2D eigenvalue weighted by molar-refractivity contribution is 0.797. The molecule has 0 unspecified atom stereocenters. The summed E-state index contributed by atoms with van der Waals surface area (Å²) in [6.07, 6.45) is 1.85. The summed E-state index contributed by atoms with van der Waals surface area (Å²) in [4.78, 5) is 0. The van der Waals surface area contributed by atoms with Crippen LogP contribution in [0.3, 0.4) is 0 Å². The van der Waals surface area contributed by atoms with Gasteiger partial charge in [0.15, 0.2) is 0 Å². The van der Waals surface area contributed by atoms with E-state index < -0.39 is 0 Å². The molecule has 1 aromatic carbocycles. The normalized spacial score (nSPS) is 11.2. The highest BCUT2D eigenvalue weighted by molar-refractivity contribution is 9.10. The Morgan fingerprint density at radius 2 is 1.88 bits per heavy atom. The minimum absolute atomic E-state index is 1.10. The van der Waals surface area contributed by atoms with E-state index in [4.69, 9.17) is 0 Å². The van der Waals surface area contributed by atoms with E-state index in [0.29, 0.717) is 0 Å². The highest BCUT2D eigenvalue weighted by Crippen LogP contribution is 2.27. The lowest BCUT2D eigenvalue weighted by Gasteiger charge is -2.00. The first-order valence-corrected chi connectivity index (χ1v) is 6.22. The lowest BCUT2D eigenvalue weighted by atomic mass is 10.1. The Labute approximate surface area is 108 Å². The maximum Gasteiger partial charge on any atom is 0.135 e. The highest BCUT2D eigenvalue weighted by Gasteiger charge is 2.10. The smallest absolute Gasteiger partial charge is 0.135 e. The molecule has 0 radical (unpaired) electrons. The van der Waals surface area contributed by atoms with Crippen LogP contribution >= 0.6 is 15.9 Å². The van der Waals surface area contributed by atoms with E-state index >= 15 is 0 Å². The summed E-state index contributed by atoms with van der Waals surface area (Å²) in [6, 6.07) is 10.6. The van der Waals surface area contributed by atoms with Crippen LogP contribution in [0, 0.1) is 6.92 Å². The molecule has 0 amide bonds. The van der Waals surface area contributed by atoms with Crippen molar-refractivity contribution in [1.29, 1.82) is 0 Å². The van der Waals surface area contributed by atoms with Crippen molar-refractivity contribution < 1.29 is 0 Å². The molecule has 0 N–H and O–H groups in total. The molecule has 0 aliphatic carbocycles. The van der Waals surface area contributed by atoms with Gasteiger partial charge in [-0.1, -0.05) is 28.1 Å². The standard InChI is InChI=1S/C13H12BrN3/c1-9-12(10-3-5-11(14)6-4-10)7-13-16(2)15-8-17(9)13/h3-8H,1-2H3.